The summed E-state index contributed by atoms with van der Waals surface area (Å²) in [5.41, 5.74) is 10.5. The quantitative estimate of drug-likeness (QED) is 0.149. The van der Waals surface area contributed by atoms with Gasteiger partial charge in [0.25, 0.3) is 0 Å². The van der Waals surface area contributed by atoms with Crippen LogP contribution in [-0.2, 0) is 24.0 Å². The smallest absolute Gasteiger partial charge is 0.328 e. The Morgan fingerprint density at radius 2 is 1.56 bits per heavy atom. The van der Waals surface area contributed by atoms with E-state index >= 15 is 0 Å². The van der Waals surface area contributed by atoms with Crippen molar-refractivity contribution in [2.24, 2.45) is 11.5 Å². The molecule has 4 atom stereocenters. The molecule has 12 nitrogen and oxygen atoms in total. The van der Waals surface area contributed by atoms with Gasteiger partial charge in [0.15, 0.2) is 0 Å². The number of amides is 4. The maximum absolute atomic E-state index is 12.2. The molecule has 0 saturated carbocycles. The second-order valence-electron chi connectivity index (χ2n) is 5.67. The van der Waals surface area contributed by atoms with Gasteiger partial charge in [-0.25, -0.2) is 4.79 Å². The first-order valence-electron chi connectivity index (χ1n) is 7.93. The zero-order valence-electron chi connectivity index (χ0n) is 14.7. The minimum Gasteiger partial charge on any atom is -0.480 e. The average molecular weight is 407 g/mol. The number of rotatable bonds is 12. The van der Waals surface area contributed by atoms with E-state index in [0.717, 1.165) is 0 Å². The lowest BCUT2D eigenvalue weighted by Gasteiger charge is -2.23. The Morgan fingerprint density at radius 1 is 1.00 bits per heavy atom. The molecule has 154 valence electrons. The summed E-state index contributed by atoms with van der Waals surface area (Å²) in [5, 5.41) is 24.5. The van der Waals surface area contributed by atoms with E-state index in [1.54, 1.807) is 0 Å². The minimum absolute atomic E-state index is 0.0571. The number of nitrogens with one attached hydrogen (secondary N) is 3. The van der Waals surface area contributed by atoms with Crippen LogP contribution in [0.4, 0.5) is 0 Å². The third-order valence-electron chi connectivity index (χ3n) is 3.40. The summed E-state index contributed by atoms with van der Waals surface area (Å²) in [6, 6.07) is -4.90. The normalized spacial score (nSPS) is 15.0. The van der Waals surface area contributed by atoms with Gasteiger partial charge >= 0.3 is 5.97 Å². The fraction of sp³-hybridized carbons (Fsp3) is 0.643. The summed E-state index contributed by atoms with van der Waals surface area (Å²) < 4.78 is 0. The van der Waals surface area contributed by atoms with Crippen LogP contribution in [0.15, 0.2) is 0 Å². The number of carbonyl (C=O) groups is 5. The van der Waals surface area contributed by atoms with Crippen molar-refractivity contribution >= 4 is 42.2 Å². The lowest BCUT2D eigenvalue weighted by molar-refractivity contribution is -0.143. The highest BCUT2D eigenvalue weighted by Crippen LogP contribution is 2.00. The maximum atomic E-state index is 12.2. The molecule has 0 aromatic heterocycles. The van der Waals surface area contributed by atoms with E-state index in [1.807, 2.05) is 5.32 Å². The summed E-state index contributed by atoms with van der Waals surface area (Å²) in [5.74, 6) is -4.49. The van der Waals surface area contributed by atoms with Crippen molar-refractivity contribution in [3.8, 4) is 0 Å². The molecule has 0 bridgehead atoms. The number of nitrogens with two attached hydrogens (primary N) is 2. The summed E-state index contributed by atoms with van der Waals surface area (Å²) >= 11 is 3.86. The number of hydrogen-bond acceptors (Lipinski definition) is 8. The van der Waals surface area contributed by atoms with Gasteiger partial charge in [0, 0.05) is 12.2 Å². The summed E-state index contributed by atoms with van der Waals surface area (Å²) in [6.45, 7) is 0.473. The van der Waals surface area contributed by atoms with E-state index in [0.29, 0.717) is 0 Å². The Bertz CT molecular complexity index is 574. The third kappa shape index (κ3) is 9.21. The van der Waals surface area contributed by atoms with Crippen LogP contribution in [0.2, 0.25) is 0 Å². The number of aliphatic hydroxyl groups excluding tert-OH is 1. The molecule has 0 radical (unpaired) electrons. The number of aliphatic hydroxyl groups is 1. The lowest BCUT2D eigenvalue weighted by atomic mass is 10.1. The first-order valence-corrected chi connectivity index (χ1v) is 8.56. The molecule has 0 aliphatic rings. The second-order valence-corrected chi connectivity index (χ2v) is 6.03. The van der Waals surface area contributed by atoms with Crippen LogP contribution in [0, 0.1) is 0 Å². The van der Waals surface area contributed by atoms with E-state index < -0.39 is 60.4 Å². The Kier molecular flexibility index (Phi) is 11.0. The lowest BCUT2D eigenvalue weighted by Crippen LogP contribution is -2.57. The molecule has 4 amide bonds. The zero-order chi connectivity index (χ0) is 21.1. The molecular formula is C14H25N5O7S. The molecule has 0 aromatic rings. The van der Waals surface area contributed by atoms with Gasteiger partial charge in [0.2, 0.25) is 23.6 Å². The number of thiol groups is 1. The van der Waals surface area contributed by atoms with Crippen LogP contribution in [-0.4, -0.2) is 76.3 Å². The molecule has 0 aliphatic carbocycles. The van der Waals surface area contributed by atoms with Crippen LogP contribution in [0.5, 0.6) is 0 Å². The van der Waals surface area contributed by atoms with Crippen molar-refractivity contribution in [1.82, 2.24) is 16.0 Å². The number of primary amides is 1. The molecule has 4 unspecified atom stereocenters. The van der Waals surface area contributed by atoms with Gasteiger partial charge < -0.3 is 37.6 Å². The Balaban J connectivity index is 5.04. The predicted octanol–water partition coefficient (Wildman–Crippen LogP) is -3.94. The van der Waals surface area contributed by atoms with Crippen LogP contribution in [0.1, 0.15) is 19.8 Å². The summed E-state index contributed by atoms with van der Waals surface area (Å²) in [6.07, 6.45) is -0.470. The Labute approximate surface area is 160 Å². The number of hydrogen-bond donors (Lipinski definition) is 8. The highest BCUT2D eigenvalue weighted by atomic mass is 32.1. The summed E-state index contributed by atoms with van der Waals surface area (Å²) in [4.78, 5) is 57.9. The standard InChI is InChI=1S/C14H25N5O7S/c1-6(17-12(23)7(15)5-27)11(22)18-8(2-3-10(16)21)13(24)19-9(4-20)14(25)26/h6-9,20,27H,2-5,15H2,1H3,(H2,16,21)(H,17,23)(H,18,22)(H,19,24)(H,25,26). The number of carboxylic acid groups (broad SMARTS) is 1. The number of aliphatic carboxylic acids is 1. The molecule has 0 spiro atoms. The van der Waals surface area contributed by atoms with Gasteiger partial charge in [-0.05, 0) is 13.3 Å². The molecule has 27 heavy (non-hydrogen) atoms. The largest absolute Gasteiger partial charge is 0.480 e. The van der Waals surface area contributed by atoms with Crippen molar-refractivity contribution in [3.05, 3.63) is 0 Å². The van der Waals surface area contributed by atoms with Crippen molar-refractivity contribution in [2.45, 2.75) is 43.9 Å². The van der Waals surface area contributed by atoms with E-state index in [9.17, 15) is 24.0 Å². The maximum Gasteiger partial charge on any atom is 0.328 e. The first-order chi connectivity index (χ1) is 12.5. The Hall–Kier alpha value is -2.38. The summed E-state index contributed by atoms with van der Waals surface area (Å²) in [7, 11) is 0. The van der Waals surface area contributed by atoms with Crippen molar-refractivity contribution in [2.75, 3.05) is 12.4 Å². The first kappa shape index (κ1) is 24.6. The third-order valence-corrected chi connectivity index (χ3v) is 3.79. The SMILES string of the molecule is CC(NC(=O)C(N)CS)C(=O)NC(CCC(N)=O)C(=O)NC(CO)C(=O)O. The Morgan fingerprint density at radius 3 is 2.00 bits per heavy atom. The highest BCUT2D eigenvalue weighted by molar-refractivity contribution is 7.80. The van der Waals surface area contributed by atoms with Crippen LogP contribution < -0.4 is 27.4 Å². The van der Waals surface area contributed by atoms with Crippen LogP contribution in [0.25, 0.3) is 0 Å². The molecule has 13 heteroatoms. The average Bonchev–Trinajstić information content (AvgIpc) is 2.60. The van der Waals surface area contributed by atoms with E-state index in [4.69, 9.17) is 21.7 Å². The molecule has 9 N–H and O–H groups in total. The highest BCUT2D eigenvalue weighted by Gasteiger charge is 2.28. The minimum atomic E-state index is -1.59. The second kappa shape index (κ2) is 12.1. The van der Waals surface area contributed by atoms with Crippen molar-refractivity contribution in [3.63, 3.8) is 0 Å². The molecule has 0 aliphatic heterocycles. The molecule has 0 aromatic carbocycles. The monoisotopic (exact) mass is 407 g/mol. The predicted molar refractivity (Wildman–Crippen MR) is 96.4 cm³/mol. The molecule has 0 saturated heterocycles. The van der Waals surface area contributed by atoms with Gasteiger partial charge in [0.1, 0.15) is 18.1 Å². The van der Waals surface area contributed by atoms with Crippen LogP contribution >= 0.6 is 12.6 Å². The van der Waals surface area contributed by atoms with E-state index in [1.165, 1.54) is 6.92 Å². The topological polar surface area (TPSA) is 214 Å². The van der Waals surface area contributed by atoms with E-state index in [2.05, 4.69) is 23.3 Å². The van der Waals surface area contributed by atoms with Crippen molar-refractivity contribution < 1.29 is 34.2 Å². The van der Waals surface area contributed by atoms with E-state index in [-0.39, 0.29) is 18.6 Å². The number of carboxylic acids is 1. The van der Waals surface area contributed by atoms with Gasteiger partial charge in [0.05, 0.1) is 12.6 Å². The van der Waals surface area contributed by atoms with Gasteiger partial charge in [-0.2, -0.15) is 12.6 Å². The molecule has 0 fully saturated rings. The molecule has 0 rings (SSSR count). The van der Waals surface area contributed by atoms with Crippen LogP contribution in [0.3, 0.4) is 0 Å². The van der Waals surface area contributed by atoms with Gasteiger partial charge in [-0.3, -0.25) is 19.2 Å². The van der Waals surface area contributed by atoms with Gasteiger partial charge in [-0.1, -0.05) is 0 Å². The van der Waals surface area contributed by atoms with Crippen molar-refractivity contribution in [1.29, 1.82) is 0 Å². The molecule has 0 heterocycles. The number of carbonyl (C=O) groups excluding carboxylic acids is 4. The fourth-order valence-corrected chi connectivity index (χ4v) is 1.94. The zero-order valence-corrected chi connectivity index (χ0v) is 15.6. The van der Waals surface area contributed by atoms with Gasteiger partial charge in [-0.15, -0.1) is 0 Å². The fourth-order valence-electron chi connectivity index (χ4n) is 1.78. The molecular weight excluding hydrogens is 382 g/mol.